The number of hydrogen-bond donors (Lipinski definition) is 5. The van der Waals surface area contributed by atoms with Crippen molar-refractivity contribution in [1.82, 2.24) is 19.9 Å². The fourth-order valence-corrected chi connectivity index (χ4v) is 5.39. The van der Waals surface area contributed by atoms with E-state index in [4.69, 9.17) is 33.9 Å². The number of carbonyl (C=O) groups excluding carboxylic acids is 1. The number of anilines is 5. The fraction of sp³-hybridized carbons (Fsp3) is 0.308. The lowest BCUT2D eigenvalue weighted by atomic mass is 9.92. The maximum Gasteiger partial charge on any atom is 0.323 e. The number of benzene rings is 2. The number of nitrogens with zero attached hydrogens (tertiary/aromatic N) is 4. The molecule has 4 aromatic rings. The van der Waals surface area contributed by atoms with Gasteiger partial charge < -0.3 is 31.6 Å². The number of halogens is 2. The van der Waals surface area contributed by atoms with Gasteiger partial charge in [-0.25, -0.2) is 9.78 Å². The zero-order valence-corrected chi connectivity index (χ0v) is 22.0. The fourth-order valence-electron chi connectivity index (χ4n) is 5.09. The molecule has 2 amide bonds. The van der Waals surface area contributed by atoms with E-state index in [1.54, 1.807) is 24.5 Å². The van der Waals surface area contributed by atoms with Crippen molar-refractivity contribution in [3.05, 3.63) is 58.3 Å². The predicted molar refractivity (Wildman–Crippen MR) is 152 cm³/mol. The summed E-state index contributed by atoms with van der Waals surface area (Å²) < 4.78 is 0. The van der Waals surface area contributed by atoms with Crippen LogP contribution in [0.15, 0.2) is 42.7 Å². The number of urea groups is 1. The number of aromatic amines is 1. The highest BCUT2D eigenvalue weighted by Crippen LogP contribution is 2.38. The number of amides is 2. The van der Waals surface area contributed by atoms with Gasteiger partial charge in [0.1, 0.15) is 5.52 Å². The molecule has 10 nitrogen and oxygen atoms in total. The molecule has 6 N–H and O–H groups in total. The topological polar surface area (TPSA) is 137 Å². The quantitative estimate of drug-likeness (QED) is 0.215. The lowest BCUT2D eigenvalue weighted by Gasteiger charge is -2.27. The minimum Gasteiger partial charge on any atom is -0.351 e. The van der Waals surface area contributed by atoms with E-state index < -0.39 is 0 Å². The molecule has 0 unspecified atom stereocenters. The lowest BCUT2D eigenvalue weighted by Crippen LogP contribution is -2.33. The second kappa shape index (κ2) is 10.3. The van der Waals surface area contributed by atoms with Crippen LogP contribution in [0.4, 0.5) is 33.6 Å². The molecule has 2 aromatic heterocycles. The van der Waals surface area contributed by atoms with Crippen LogP contribution in [0.5, 0.6) is 0 Å². The van der Waals surface area contributed by atoms with E-state index in [9.17, 15) is 4.79 Å². The summed E-state index contributed by atoms with van der Waals surface area (Å²) in [5, 5.41) is 9.96. The molecule has 1 fully saturated rings. The summed E-state index contributed by atoms with van der Waals surface area (Å²) in [7, 11) is 0. The van der Waals surface area contributed by atoms with E-state index in [1.165, 1.54) is 0 Å². The molecule has 0 saturated heterocycles. The largest absolute Gasteiger partial charge is 0.351 e. The first kappa shape index (κ1) is 24.7. The van der Waals surface area contributed by atoms with Crippen LogP contribution in [0.1, 0.15) is 31.2 Å². The van der Waals surface area contributed by atoms with Crippen molar-refractivity contribution >= 4 is 69.2 Å². The highest BCUT2D eigenvalue weighted by atomic mass is 35.5. The summed E-state index contributed by atoms with van der Waals surface area (Å²) in [6.45, 7) is 0.747. The van der Waals surface area contributed by atoms with Gasteiger partial charge in [-0.05, 0) is 74.1 Å². The minimum atomic E-state index is -0.368. The molecular weight excluding hydrogens is 525 g/mol. The predicted octanol–water partition coefficient (Wildman–Crippen LogP) is 5.68. The van der Waals surface area contributed by atoms with Crippen molar-refractivity contribution in [1.29, 1.82) is 0 Å². The van der Waals surface area contributed by atoms with Gasteiger partial charge in [0.05, 0.1) is 16.4 Å². The van der Waals surface area contributed by atoms with Gasteiger partial charge in [-0.2, -0.15) is 9.97 Å². The molecule has 0 radical (unpaired) electrons. The zero-order valence-electron chi connectivity index (χ0n) is 20.5. The number of fused-ring (bicyclic) bond motifs is 2. The van der Waals surface area contributed by atoms with Crippen molar-refractivity contribution in [3.8, 4) is 0 Å². The molecule has 0 bridgehead atoms. The number of nitrogens with one attached hydrogen (secondary N) is 4. The van der Waals surface area contributed by atoms with Gasteiger partial charge in [0.2, 0.25) is 5.95 Å². The summed E-state index contributed by atoms with van der Waals surface area (Å²) in [6.07, 6.45) is 6.44. The van der Waals surface area contributed by atoms with Crippen LogP contribution in [-0.4, -0.2) is 44.6 Å². The second-order valence-electron chi connectivity index (χ2n) is 9.68. The van der Waals surface area contributed by atoms with Crippen molar-refractivity contribution in [2.45, 2.75) is 44.2 Å². The third kappa shape index (κ3) is 5.07. The smallest absolute Gasteiger partial charge is 0.323 e. The van der Waals surface area contributed by atoms with Gasteiger partial charge in [0.15, 0.2) is 11.5 Å². The normalized spacial score (nSPS) is 18.9. The van der Waals surface area contributed by atoms with Crippen molar-refractivity contribution in [3.63, 3.8) is 0 Å². The number of imidazole rings is 1. The number of aromatic nitrogens is 4. The van der Waals surface area contributed by atoms with Gasteiger partial charge >= 0.3 is 6.03 Å². The third-order valence-corrected chi connectivity index (χ3v) is 7.78. The van der Waals surface area contributed by atoms with Crippen molar-refractivity contribution in [2.24, 2.45) is 5.73 Å². The first-order valence-corrected chi connectivity index (χ1v) is 13.4. The SMILES string of the molecule is NC1CCC(Nc2nc(N3CCc4cc(NC(=O)Nc5ccc(Cl)c(Cl)c5)ccc43)c3[nH]cnc3n2)CC1. The maximum atomic E-state index is 12.5. The Bertz CT molecular complexity index is 1500. The molecule has 3 heterocycles. The average molecular weight is 552 g/mol. The Hall–Kier alpha value is -3.60. The lowest BCUT2D eigenvalue weighted by molar-refractivity contribution is 0.262. The van der Waals surface area contributed by atoms with Crippen LogP contribution in [0.25, 0.3) is 11.2 Å². The van der Waals surface area contributed by atoms with Crippen LogP contribution < -0.4 is 26.6 Å². The van der Waals surface area contributed by atoms with Gasteiger partial charge in [-0.3, -0.25) is 0 Å². The average Bonchev–Trinajstić information content (AvgIpc) is 3.54. The van der Waals surface area contributed by atoms with E-state index in [0.29, 0.717) is 39.1 Å². The van der Waals surface area contributed by atoms with Crippen LogP contribution in [0.3, 0.4) is 0 Å². The monoisotopic (exact) mass is 551 g/mol. The number of hydrogen-bond acceptors (Lipinski definition) is 7. The Morgan fingerprint density at radius 1 is 1.00 bits per heavy atom. The third-order valence-electron chi connectivity index (χ3n) is 7.04. The zero-order chi connectivity index (χ0) is 26.2. The van der Waals surface area contributed by atoms with Gasteiger partial charge in [0.25, 0.3) is 0 Å². The van der Waals surface area contributed by atoms with E-state index in [2.05, 4.69) is 35.8 Å². The molecule has 6 rings (SSSR count). The van der Waals surface area contributed by atoms with Crippen LogP contribution >= 0.6 is 23.2 Å². The Kier molecular flexibility index (Phi) is 6.69. The van der Waals surface area contributed by atoms with Crippen molar-refractivity contribution in [2.75, 3.05) is 27.4 Å². The molecule has 0 spiro atoms. The standard InChI is InChI=1S/C26H27Cl2N9O/c27-19-7-5-18(12-20(19)28)34-26(38)33-17-6-8-21-14(11-17)9-10-37(21)24-22-23(31-13-30-22)35-25(36-24)32-16-3-1-15(29)2-4-16/h5-8,11-13,15-16H,1-4,9-10,29H2,(H2,33,34,38)(H2,30,31,32,35,36). The summed E-state index contributed by atoms with van der Waals surface area (Å²) in [4.78, 5) is 31.8. The summed E-state index contributed by atoms with van der Waals surface area (Å²) in [5.74, 6) is 1.35. The molecule has 1 aliphatic heterocycles. The molecule has 1 saturated carbocycles. The first-order chi connectivity index (χ1) is 18.4. The van der Waals surface area contributed by atoms with E-state index >= 15 is 0 Å². The van der Waals surface area contributed by atoms with Gasteiger partial charge in [-0.1, -0.05) is 23.2 Å². The molecule has 2 aliphatic rings. The first-order valence-electron chi connectivity index (χ1n) is 12.6. The van der Waals surface area contributed by atoms with E-state index in [0.717, 1.165) is 61.2 Å². The molecule has 0 atom stereocenters. The van der Waals surface area contributed by atoms with E-state index in [-0.39, 0.29) is 12.1 Å². The Labute approximate surface area is 229 Å². The number of nitrogens with two attached hydrogens (primary N) is 1. The summed E-state index contributed by atoms with van der Waals surface area (Å²) in [5.41, 5.74) is 10.9. The number of carbonyl (C=O) groups is 1. The molecule has 38 heavy (non-hydrogen) atoms. The minimum absolute atomic E-state index is 0.279. The van der Waals surface area contributed by atoms with Crippen molar-refractivity contribution < 1.29 is 4.79 Å². The van der Waals surface area contributed by atoms with Gasteiger partial charge in [0, 0.05) is 35.7 Å². The molecule has 2 aromatic carbocycles. The second-order valence-corrected chi connectivity index (χ2v) is 10.5. The Morgan fingerprint density at radius 3 is 2.55 bits per heavy atom. The Morgan fingerprint density at radius 2 is 1.76 bits per heavy atom. The molecule has 12 heteroatoms. The highest BCUT2D eigenvalue weighted by molar-refractivity contribution is 6.42. The maximum absolute atomic E-state index is 12.5. The van der Waals surface area contributed by atoms with Crippen LogP contribution in [0.2, 0.25) is 10.0 Å². The Balaban J connectivity index is 1.20. The number of rotatable bonds is 5. The molecule has 196 valence electrons. The highest BCUT2D eigenvalue weighted by Gasteiger charge is 2.26. The molecule has 1 aliphatic carbocycles. The van der Waals surface area contributed by atoms with Crippen LogP contribution in [-0.2, 0) is 6.42 Å². The summed E-state index contributed by atoms with van der Waals surface area (Å²) >= 11 is 12.0. The van der Waals surface area contributed by atoms with Gasteiger partial charge in [-0.15, -0.1) is 0 Å². The van der Waals surface area contributed by atoms with Crippen LogP contribution in [0, 0.1) is 0 Å². The van der Waals surface area contributed by atoms with E-state index in [1.807, 2.05) is 18.2 Å². The molecular formula is C26H27Cl2N9O. The summed E-state index contributed by atoms with van der Waals surface area (Å²) in [6, 6.07) is 11.0. The number of H-pyrrole nitrogens is 1.